The highest BCUT2D eigenvalue weighted by atomic mass is 35.5. The average Bonchev–Trinajstić information content (AvgIpc) is 3.47. The normalized spacial score (nSPS) is 20.8. The van der Waals surface area contributed by atoms with Crippen molar-refractivity contribution in [2.24, 2.45) is 0 Å². The Labute approximate surface area is 181 Å². The van der Waals surface area contributed by atoms with Crippen LogP contribution in [0.3, 0.4) is 0 Å². The van der Waals surface area contributed by atoms with Gasteiger partial charge < -0.3 is 9.84 Å². The fourth-order valence-electron chi connectivity index (χ4n) is 4.11. The third-order valence-electron chi connectivity index (χ3n) is 5.69. The molecule has 0 spiro atoms. The highest BCUT2D eigenvalue weighted by Crippen LogP contribution is 2.50. The first-order valence-corrected chi connectivity index (χ1v) is 10.6. The maximum atomic E-state index is 13.4. The van der Waals surface area contributed by atoms with E-state index in [1.54, 1.807) is 27.7 Å². The third kappa shape index (κ3) is 3.50. The Bertz CT molecular complexity index is 1030. The second-order valence-electron chi connectivity index (χ2n) is 8.85. The second-order valence-corrected chi connectivity index (χ2v) is 9.66. The molecular weight excluding hydrogens is 407 g/mol. The summed E-state index contributed by atoms with van der Waals surface area (Å²) in [7, 11) is 0. The smallest absolute Gasteiger partial charge is 0.198 e. The summed E-state index contributed by atoms with van der Waals surface area (Å²) in [6, 6.07) is 11.4. The number of ketones is 1. The molecule has 2 aliphatic rings. The van der Waals surface area contributed by atoms with Gasteiger partial charge in [0.05, 0.1) is 10.6 Å². The van der Waals surface area contributed by atoms with Crippen molar-refractivity contribution in [1.82, 2.24) is 0 Å². The van der Waals surface area contributed by atoms with Gasteiger partial charge in [-0.3, -0.25) is 4.79 Å². The van der Waals surface area contributed by atoms with Crippen LogP contribution in [0.1, 0.15) is 57.6 Å². The van der Waals surface area contributed by atoms with Crippen LogP contribution in [-0.2, 0) is 9.53 Å². The Morgan fingerprint density at radius 2 is 1.59 bits per heavy atom. The lowest BCUT2D eigenvalue weighted by atomic mass is 9.80. The molecule has 3 nitrogen and oxygen atoms in total. The van der Waals surface area contributed by atoms with Gasteiger partial charge in [-0.15, -0.1) is 0 Å². The number of aliphatic hydroxyl groups is 1. The quantitative estimate of drug-likeness (QED) is 0.571. The molecule has 1 heterocycles. The summed E-state index contributed by atoms with van der Waals surface area (Å²) in [5.74, 6) is 0.0224. The number of halogens is 2. The molecule has 0 atom stereocenters. The summed E-state index contributed by atoms with van der Waals surface area (Å²) in [4.78, 5) is 13.4. The van der Waals surface area contributed by atoms with Crippen molar-refractivity contribution < 1.29 is 14.6 Å². The minimum atomic E-state index is -1.06. The van der Waals surface area contributed by atoms with E-state index in [1.807, 2.05) is 36.4 Å². The van der Waals surface area contributed by atoms with E-state index in [1.165, 1.54) is 0 Å². The zero-order valence-electron chi connectivity index (χ0n) is 17.0. The van der Waals surface area contributed by atoms with Crippen LogP contribution >= 0.6 is 23.2 Å². The number of carbonyl (C=O) groups excluding carboxylic acids is 1. The first kappa shape index (κ1) is 20.5. The van der Waals surface area contributed by atoms with Crippen molar-refractivity contribution in [3.05, 3.63) is 63.3 Å². The number of hydrogen-bond donors (Lipinski definition) is 1. The standard InChI is InChI=1S/C24H24Cl2O3/c1-23(2)21(27)19(22(28)24(3,4)29-23)18-16(13-5-6-13)11-12-17(20(18)26)14-7-9-15(25)10-8-14/h7-13,27H,5-6H2,1-4H3. The molecule has 2 aromatic carbocycles. The number of hydrogen-bond acceptors (Lipinski definition) is 3. The van der Waals surface area contributed by atoms with Crippen LogP contribution in [0.2, 0.25) is 10.0 Å². The second kappa shape index (κ2) is 6.87. The number of benzene rings is 2. The molecule has 2 aromatic rings. The molecule has 29 heavy (non-hydrogen) atoms. The van der Waals surface area contributed by atoms with Gasteiger partial charge in [-0.05, 0) is 69.7 Å². The molecule has 0 amide bonds. The zero-order valence-corrected chi connectivity index (χ0v) is 18.5. The Kier molecular flexibility index (Phi) is 4.85. The Balaban J connectivity index is 2.00. The lowest BCUT2D eigenvalue weighted by Gasteiger charge is -2.41. The van der Waals surface area contributed by atoms with E-state index >= 15 is 0 Å². The van der Waals surface area contributed by atoms with E-state index < -0.39 is 11.2 Å². The number of carbonyl (C=O) groups is 1. The van der Waals surface area contributed by atoms with Crippen LogP contribution in [0, 0.1) is 0 Å². The molecular formula is C24H24Cl2O3. The third-order valence-corrected chi connectivity index (χ3v) is 6.33. The maximum Gasteiger partial charge on any atom is 0.198 e. The molecule has 1 fully saturated rings. The molecule has 0 saturated heterocycles. The SMILES string of the molecule is CC1(C)OC(C)(C)C(O)=C(c2c(C3CC3)ccc(-c3ccc(Cl)cc3)c2Cl)C1=O. The first-order valence-electron chi connectivity index (χ1n) is 9.80. The largest absolute Gasteiger partial charge is 0.508 e. The highest BCUT2D eigenvalue weighted by molar-refractivity contribution is 6.38. The Morgan fingerprint density at radius 1 is 0.966 bits per heavy atom. The van der Waals surface area contributed by atoms with Crippen LogP contribution < -0.4 is 0 Å². The summed E-state index contributed by atoms with van der Waals surface area (Å²) in [6.45, 7) is 7.00. The topological polar surface area (TPSA) is 46.5 Å². The van der Waals surface area contributed by atoms with Gasteiger partial charge in [-0.1, -0.05) is 47.5 Å². The van der Waals surface area contributed by atoms with Crippen LogP contribution in [0.15, 0.2) is 42.2 Å². The van der Waals surface area contributed by atoms with Crippen LogP contribution in [0.4, 0.5) is 0 Å². The molecule has 5 heteroatoms. The van der Waals surface area contributed by atoms with E-state index in [4.69, 9.17) is 27.9 Å². The fourth-order valence-corrected chi connectivity index (χ4v) is 4.61. The van der Waals surface area contributed by atoms with Crippen LogP contribution in [0.25, 0.3) is 16.7 Å². The molecule has 1 N–H and O–H groups in total. The first-order chi connectivity index (χ1) is 13.5. The van der Waals surface area contributed by atoms with Crippen molar-refractivity contribution >= 4 is 34.6 Å². The molecule has 0 unspecified atom stereocenters. The fraction of sp³-hybridized carbons (Fsp3) is 0.375. The Hall–Kier alpha value is -1.81. The van der Waals surface area contributed by atoms with Gasteiger partial charge >= 0.3 is 0 Å². The van der Waals surface area contributed by atoms with Gasteiger partial charge in [0.15, 0.2) is 5.78 Å². The van der Waals surface area contributed by atoms with Gasteiger partial charge in [-0.2, -0.15) is 0 Å². The molecule has 4 rings (SSSR count). The van der Waals surface area contributed by atoms with Gasteiger partial charge in [-0.25, -0.2) is 0 Å². The van der Waals surface area contributed by atoms with Crippen molar-refractivity contribution in [2.45, 2.75) is 57.7 Å². The summed E-state index contributed by atoms with van der Waals surface area (Å²) in [6.07, 6.45) is 2.10. The minimum absolute atomic E-state index is 0.0705. The molecule has 1 aliphatic heterocycles. The van der Waals surface area contributed by atoms with E-state index in [2.05, 4.69) is 0 Å². The predicted molar refractivity (Wildman–Crippen MR) is 118 cm³/mol. The monoisotopic (exact) mass is 430 g/mol. The summed E-state index contributed by atoms with van der Waals surface area (Å²) < 4.78 is 5.91. The summed E-state index contributed by atoms with van der Waals surface area (Å²) in [5, 5.41) is 12.2. The van der Waals surface area contributed by atoms with Gasteiger partial charge in [0.2, 0.25) is 0 Å². The molecule has 0 bridgehead atoms. The van der Waals surface area contributed by atoms with Crippen LogP contribution in [-0.4, -0.2) is 22.1 Å². The van der Waals surface area contributed by atoms with E-state index in [0.717, 1.165) is 29.5 Å². The van der Waals surface area contributed by atoms with E-state index in [-0.39, 0.29) is 17.1 Å². The van der Waals surface area contributed by atoms with Gasteiger partial charge in [0.1, 0.15) is 17.0 Å². The lowest BCUT2D eigenvalue weighted by molar-refractivity contribution is -0.158. The molecule has 1 aliphatic carbocycles. The summed E-state index contributed by atoms with van der Waals surface area (Å²) in [5.41, 5.74) is 1.57. The van der Waals surface area contributed by atoms with Crippen molar-refractivity contribution in [3.63, 3.8) is 0 Å². The van der Waals surface area contributed by atoms with Crippen molar-refractivity contribution in [2.75, 3.05) is 0 Å². The predicted octanol–water partition coefficient (Wildman–Crippen LogP) is 6.96. The van der Waals surface area contributed by atoms with E-state index in [0.29, 0.717) is 21.5 Å². The average molecular weight is 431 g/mol. The van der Waals surface area contributed by atoms with E-state index in [9.17, 15) is 9.90 Å². The number of rotatable bonds is 3. The Morgan fingerprint density at radius 3 is 2.17 bits per heavy atom. The molecule has 0 aromatic heterocycles. The number of aliphatic hydroxyl groups excluding tert-OH is 1. The minimum Gasteiger partial charge on any atom is -0.508 e. The van der Waals surface area contributed by atoms with Crippen molar-refractivity contribution in [3.8, 4) is 11.1 Å². The molecule has 152 valence electrons. The number of ether oxygens (including phenoxy) is 1. The van der Waals surface area contributed by atoms with Gasteiger partial charge in [0.25, 0.3) is 0 Å². The highest BCUT2D eigenvalue weighted by Gasteiger charge is 2.48. The zero-order chi connectivity index (χ0) is 21.1. The molecule has 1 saturated carbocycles. The maximum absolute atomic E-state index is 13.4. The molecule has 0 radical (unpaired) electrons. The lowest BCUT2D eigenvalue weighted by Crippen LogP contribution is -2.49. The summed E-state index contributed by atoms with van der Waals surface area (Å²) >= 11 is 13.0. The number of Topliss-reactive ketones (excluding diaryl/α,β-unsaturated/α-hetero) is 1. The van der Waals surface area contributed by atoms with Crippen LogP contribution in [0.5, 0.6) is 0 Å². The van der Waals surface area contributed by atoms with Crippen molar-refractivity contribution in [1.29, 1.82) is 0 Å². The van der Waals surface area contributed by atoms with Gasteiger partial charge in [0, 0.05) is 16.1 Å².